The highest BCUT2D eigenvalue weighted by molar-refractivity contribution is 5.39. The third-order valence-electron chi connectivity index (χ3n) is 3.81. The van der Waals surface area contributed by atoms with E-state index < -0.39 is 0 Å². The monoisotopic (exact) mass is 255 g/mol. The maximum atomic E-state index is 4.47. The number of benzene rings is 1. The van der Waals surface area contributed by atoms with Gasteiger partial charge >= 0.3 is 0 Å². The minimum Gasteiger partial charge on any atom is -0.313 e. The van der Waals surface area contributed by atoms with Crippen molar-refractivity contribution in [2.24, 2.45) is 0 Å². The summed E-state index contributed by atoms with van der Waals surface area (Å²) in [5.74, 6) is 0.646. The molecule has 1 N–H and O–H groups in total. The van der Waals surface area contributed by atoms with Crippen LogP contribution in [0.5, 0.6) is 0 Å². The first-order valence-corrected chi connectivity index (χ1v) is 7.16. The Bertz CT molecular complexity index is 544. The third kappa shape index (κ3) is 2.71. The molecule has 3 heteroatoms. The fourth-order valence-corrected chi connectivity index (χ4v) is 2.76. The smallest absolute Gasteiger partial charge is 0.0534 e. The molecule has 0 fully saturated rings. The summed E-state index contributed by atoms with van der Waals surface area (Å²) in [5.41, 5.74) is 4.29. The van der Waals surface area contributed by atoms with E-state index in [-0.39, 0.29) is 0 Å². The van der Waals surface area contributed by atoms with Crippen LogP contribution in [0.3, 0.4) is 0 Å². The Balaban J connectivity index is 1.57. The van der Waals surface area contributed by atoms with Crippen molar-refractivity contribution in [3.63, 3.8) is 0 Å². The fraction of sp³-hybridized carbons (Fsp3) is 0.438. The molecule has 1 atom stereocenters. The van der Waals surface area contributed by atoms with E-state index in [1.54, 1.807) is 0 Å². The third-order valence-corrected chi connectivity index (χ3v) is 3.81. The second-order valence-electron chi connectivity index (χ2n) is 5.35. The molecule has 2 aromatic rings. The molecule has 1 aliphatic carbocycles. The minimum absolute atomic E-state index is 0.646. The number of nitrogens with one attached hydrogen (secondary N) is 1. The molecule has 0 amide bonds. The Morgan fingerprint density at radius 1 is 1.37 bits per heavy atom. The molecule has 1 heterocycles. The number of aromatic nitrogens is 2. The topological polar surface area (TPSA) is 29.9 Å². The van der Waals surface area contributed by atoms with E-state index >= 15 is 0 Å². The zero-order valence-electron chi connectivity index (χ0n) is 11.5. The van der Waals surface area contributed by atoms with Crippen LogP contribution >= 0.6 is 0 Å². The fourth-order valence-electron chi connectivity index (χ4n) is 2.76. The lowest BCUT2D eigenvalue weighted by molar-refractivity contribution is 0.474. The Morgan fingerprint density at radius 2 is 2.26 bits per heavy atom. The van der Waals surface area contributed by atoms with E-state index in [1.165, 1.54) is 29.5 Å². The van der Waals surface area contributed by atoms with Crippen LogP contribution in [0.25, 0.3) is 0 Å². The molecular formula is C16H21N3. The van der Waals surface area contributed by atoms with Crippen molar-refractivity contribution in [2.45, 2.75) is 38.8 Å². The van der Waals surface area contributed by atoms with Crippen LogP contribution in [0.1, 0.15) is 36.0 Å². The van der Waals surface area contributed by atoms with Gasteiger partial charge in [-0.05, 0) is 30.5 Å². The van der Waals surface area contributed by atoms with E-state index in [2.05, 4.69) is 52.5 Å². The van der Waals surface area contributed by atoms with E-state index in [9.17, 15) is 0 Å². The van der Waals surface area contributed by atoms with Crippen LogP contribution in [0.4, 0.5) is 0 Å². The van der Waals surface area contributed by atoms with E-state index in [1.807, 2.05) is 6.20 Å². The van der Waals surface area contributed by atoms with Crippen LogP contribution in [0.15, 0.2) is 36.7 Å². The lowest BCUT2D eigenvalue weighted by atomic mass is 9.78. The van der Waals surface area contributed by atoms with Gasteiger partial charge in [0.2, 0.25) is 0 Å². The summed E-state index contributed by atoms with van der Waals surface area (Å²) in [7, 11) is 0. The molecule has 0 saturated heterocycles. The lowest BCUT2D eigenvalue weighted by Crippen LogP contribution is -2.22. The van der Waals surface area contributed by atoms with Crippen molar-refractivity contribution in [1.29, 1.82) is 0 Å². The zero-order chi connectivity index (χ0) is 13.1. The Morgan fingerprint density at radius 3 is 3.11 bits per heavy atom. The Hall–Kier alpha value is -1.61. The molecule has 3 nitrogen and oxygen atoms in total. The van der Waals surface area contributed by atoms with Crippen molar-refractivity contribution >= 4 is 0 Å². The lowest BCUT2D eigenvalue weighted by Gasteiger charge is -2.29. The highest BCUT2D eigenvalue weighted by atomic mass is 15.3. The van der Waals surface area contributed by atoms with Crippen molar-refractivity contribution in [1.82, 2.24) is 15.1 Å². The predicted molar refractivity (Wildman–Crippen MR) is 77.1 cm³/mol. The van der Waals surface area contributed by atoms with Gasteiger partial charge in [-0.2, -0.15) is 5.10 Å². The van der Waals surface area contributed by atoms with Crippen LogP contribution in [0, 0.1) is 0 Å². The van der Waals surface area contributed by atoms with Crippen molar-refractivity contribution in [3.8, 4) is 0 Å². The van der Waals surface area contributed by atoms with Crippen LogP contribution in [0.2, 0.25) is 0 Å². The molecule has 1 aliphatic rings. The second-order valence-corrected chi connectivity index (χ2v) is 5.35. The minimum atomic E-state index is 0.646. The number of rotatable bonds is 6. The molecule has 0 spiro atoms. The van der Waals surface area contributed by atoms with Crippen LogP contribution in [-0.4, -0.2) is 16.3 Å². The van der Waals surface area contributed by atoms with Gasteiger partial charge in [0.05, 0.1) is 6.20 Å². The number of hydrogen-bond donors (Lipinski definition) is 1. The SMILES string of the molecule is CCCNCc1cnn(CC2Cc3ccccc32)c1. The molecule has 100 valence electrons. The molecule has 0 bridgehead atoms. The first-order valence-electron chi connectivity index (χ1n) is 7.16. The molecule has 19 heavy (non-hydrogen) atoms. The van der Waals surface area contributed by atoms with Gasteiger partial charge in [-0.1, -0.05) is 31.2 Å². The maximum absolute atomic E-state index is 4.47. The molecule has 3 rings (SSSR count). The molecule has 0 saturated carbocycles. The normalized spacial score (nSPS) is 17.0. The van der Waals surface area contributed by atoms with E-state index in [0.717, 1.165) is 19.6 Å². The second kappa shape index (κ2) is 5.57. The summed E-state index contributed by atoms with van der Waals surface area (Å²) >= 11 is 0. The highest BCUT2D eigenvalue weighted by Crippen LogP contribution is 2.35. The molecule has 1 aromatic carbocycles. The van der Waals surface area contributed by atoms with Gasteiger partial charge in [-0.3, -0.25) is 4.68 Å². The van der Waals surface area contributed by atoms with E-state index in [4.69, 9.17) is 0 Å². The number of hydrogen-bond acceptors (Lipinski definition) is 2. The quantitative estimate of drug-likeness (QED) is 0.804. The van der Waals surface area contributed by atoms with Gasteiger partial charge in [0.15, 0.2) is 0 Å². The number of fused-ring (bicyclic) bond motifs is 1. The standard InChI is InChI=1S/C16H21N3/c1-2-7-17-9-13-10-18-19(11-13)12-15-8-14-5-3-4-6-16(14)15/h3-6,10-11,15,17H,2,7-9,12H2,1H3. The largest absolute Gasteiger partial charge is 0.313 e. The predicted octanol–water partition coefficient (Wildman–Crippen LogP) is 2.72. The average Bonchev–Trinajstić information content (AvgIpc) is 2.84. The molecule has 0 radical (unpaired) electrons. The summed E-state index contributed by atoms with van der Waals surface area (Å²) in [5, 5.41) is 7.87. The Kier molecular flexibility index (Phi) is 3.65. The summed E-state index contributed by atoms with van der Waals surface area (Å²) in [6.45, 7) is 5.19. The van der Waals surface area contributed by atoms with Crippen LogP contribution < -0.4 is 5.32 Å². The molecule has 0 aliphatic heterocycles. The van der Waals surface area contributed by atoms with Crippen molar-refractivity contribution in [2.75, 3.05) is 6.54 Å². The number of nitrogens with zero attached hydrogens (tertiary/aromatic N) is 2. The maximum Gasteiger partial charge on any atom is 0.0534 e. The zero-order valence-corrected chi connectivity index (χ0v) is 11.5. The molecular weight excluding hydrogens is 234 g/mol. The van der Waals surface area contributed by atoms with Gasteiger partial charge in [-0.25, -0.2) is 0 Å². The van der Waals surface area contributed by atoms with Gasteiger partial charge in [0.1, 0.15) is 0 Å². The summed E-state index contributed by atoms with van der Waals surface area (Å²) < 4.78 is 2.09. The Labute approximate surface area is 114 Å². The first-order chi connectivity index (χ1) is 9.36. The van der Waals surface area contributed by atoms with Gasteiger partial charge in [0.25, 0.3) is 0 Å². The average molecular weight is 255 g/mol. The van der Waals surface area contributed by atoms with Gasteiger partial charge in [0, 0.05) is 30.8 Å². The van der Waals surface area contributed by atoms with Crippen molar-refractivity contribution in [3.05, 3.63) is 53.3 Å². The van der Waals surface area contributed by atoms with Gasteiger partial charge in [-0.15, -0.1) is 0 Å². The summed E-state index contributed by atoms with van der Waals surface area (Å²) in [6, 6.07) is 8.74. The molecule has 1 unspecified atom stereocenters. The summed E-state index contributed by atoms with van der Waals surface area (Å²) in [4.78, 5) is 0. The molecule has 1 aromatic heterocycles. The summed E-state index contributed by atoms with van der Waals surface area (Å²) in [6.07, 6.45) is 6.52. The highest BCUT2D eigenvalue weighted by Gasteiger charge is 2.25. The van der Waals surface area contributed by atoms with E-state index in [0.29, 0.717) is 5.92 Å². The van der Waals surface area contributed by atoms with Crippen LogP contribution in [-0.2, 0) is 19.5 Å². The van der Waals surface area contributed by atoms with Crippen molar-refractivity contribution < 1.29 is 0 Å². The van der Waals surface area contributed by atoms with Gasteiger partial charge < -0.3 is 5.32 Å². The first kappa shape index (κ1) is 12.4.